The van der Waals surface area contributed by atoms with Crippen molar-refractivity contribution in [2.45, 2.75) is 33.2 Å². The molecule has 6 nitrogen and oxygen atoms in total. The summed E-state index contributed by atoms with van der Waals surface area (Å²) in [6, 6.07) is 8.70. The molecule has 4 aromatic rings. The molecule has 0 fully saturated rings. The number of nitrogens with zero attached hydrogens (tertiary/aromatic N) is 6. The maximum atomic E-state index is 4.61. The molecule has 1 aromatic carbocycles. The van der Waals surface area contributed by atoms with E-state index in [4.69, 9.17) is 0 Å². The molecule has 0 N–H and O–H groups in total. The first kappa shape index (κ1) is 18.2. The molecular weight excluding hydrogens is 348 g/mol. The summed E-state index contributed by atoms with van der Waals surface area (Å²) >= 11 is 0. The van der Waals surface area contributed by atoms with Gasteiger partial charge in [-0.3, -0.25) is 4.68 Å². The van der Waals surface area contributed by atoms with Crippen LogP contribution in [0.4, 0.5) is 11.5 Å². The molecule has 3 heterocycles. The summed E-state index contributed by atoms with van der Waals surface area (Å²) in [5.41, 5.74) is 6.80. The number of hydrogen-bond donors (Lipinski definition) is 0. The van der Waals surface area contributed by atoms with E-state index in [9.17, 15) is 0 Å². The second-order valence-electron chi connectivity index (χ2n) is 7.13. The molecule has 0 unspecified atom stereocenters. The first-order chi connectivity index (χ1) is 13.6. The van der Waals surface area contributed by atoms with Gasteiger partial charge in [0.15, 0.2) is 0 Å². The van der Waals surface area contributed by atoms with Crippen LogP contribution in [-0.4, -0.2) is 31.4 Å². The summed E-state index contributed by atoms with van der Waals surface area (Å²) in [7, 11) is 4.07. The number of benzene rings is 1. The molecule has 0 saturated carbocycles. The highest BCUT2D eigenvalue weighted by atomic mass is 15.3. The van der Waals surface area contributed by atoms with Gasteiger partial charge in [0.25, 0.3) is 0 Å². The molecule has 144 valence electrons. The minimum atomic E-state index is 0.911. The highest BCUT2D eigenvalue weighted by molar-refractivity contribution is 5.79. The maximum absolute atomic E-state index is 4.61. The van der Waals surface area contributed by atoms with Crippen LogP contribution in [0.25, 0.3) is 22.2 Å². The Labute approximate surface area is 165 Å². The summed E-state index contributed by atoms with van der Waals surface area (Å²) in [6.45, 7) is 5.30. The van der Waals surface area contributed by atoms with E-state index in [0.29, 0.717) is 0 Å². The van der Waals surface area contributed by atoms with Gasteiger partial charge in [-0.15, -0.1) is 0 Å². The third-order valence-electron chi connectivity index (χ3n) is 5.18. The fourth-order valence-corrected chi connectivity index (χ4v) is 3.57. The van der Waals surface area contributed by atoms with Crippen molar-refractivity contribution < 1.29 is 0 Å². The molecule has 0 aliphatic heterocycles. The summed E-state index contributed by atoms with van der Waals surface area (Å²) in [6.07, 6.45) is 9.76. The predicted molar refractivity (Wildman–Crippen MR) is 114 cm³/mol. The Balaban J connectivity index is 1.68. The smallest absolute Gasteiger partial charge is 0.134 e. The van der Waals surface area contributed by atoms with E-state index < -0.39 is 0 Å². The van der Waals surface area contributed by atoms with Crippen molar-refractivity contribution >= 4 is 22.5 Å². The quantitative estimate of drug-likeness (QED) is 0.496. The van der Waals surface area contributed by atoms with Crippen LogP contribution in [0.3, 0.4) is 0 Å². The van der Waals surface area contributed by atoms with Crippen LogP contribution >= 0.6 is 0 Å². The van der Waals surface area contributed by atoms with Crippen LogP contribution in [-0.2, 0) is 20.0 Å². The number of pyridine rings is 1. The molecule has 6 heteroatoms. The average Bonchev–Trinajstić information content (AvgIpc) is 3.34. The summed E-state index contributed by atoms with van der Waals surface area (Å²) in [5, 5.41) is 4.46. The van der Waals surface area contributed by atoms with Gasteiger partial charge in [0.05, 0.1) is 24.2 Å². The number of anilines is 2. The number of aryl methyl sites for hydroxylation is 3. The van der Waals surface area contributed by atoms with E-state index in [1.165, 1.54) is 16.8 Å². The van der Waals surface area contributed by atoms with E-state index in [2.05, 4.69) is 71.3 Å². The lowest BCUT2D eigenvalue weighted by Crippen LogP contribution is -2.13. The molecule has 3 aromatic heterocycles. The predicted octanol–water partition coefficient (Wildman–Crippen LogP) is 4.57. The van der Waals surface area contributed by atoms with E-state index in [-0.39, 0.29) is 0 Å². The van der Waals surface area contributed by atoms with Gasteiger partial charge in [-0.1, -0.05) is 19.9 Å². The summed E-state index contributed by atoms with van der Waals surface area (Å²) < 4.78 is 4.03. The molecule has 0 atom stereocenters. The molecule has 0 bridgehead atoms. The van der Waals surface area contributed by atoms with Gasteiger partial charge in [-0.05, 0) is 36.1 Å². The Morgan fingerprint density at radius 2 is 1.89 bits per heavy atom. The lowest BCUT2D eigenvalue weighted by Gasteiger charge is -2.22. The van der Waals surface area contributed by atoms with Crippen LogP contribution in [0.15, 0.2) is 49.2 Å². The monoisotopic (exact) mass is 374 g/mol. The van der Waals surface area contributed by atoms with Gasteiger partial charge in [-0.2, -0.15) is 5.10 Å². The lowest BCUT2D eigenvalue weighted by molar-refractivity contribution is 0.603. The standard InChI is InChI=1S/C22H26N6/c1-5-9-28-14-18(12-25-28)17-7-8-20(16(6-2)10-17)27(4)22-11-21-19(13-23-22)24-15-26(21)3/h7-8,10-15H,5-6,9H2,1-4H3. The minimum Gasteiger partial charge on any atom is -0.334 e. The minimum absolute atomic E-state index is 0.911. The SMILES string of the molecule is CCCn1cc(-c2ccc(N(C)c3cc4c(cn3)ncn4C)c(CC)c2)cn1. The molecule has 0 spiro atoms. The van der Waals surface area contributed by atoms with Gasteiger partial charge >= 0.3 is 0 Å². The van der Waals surface area contributed by atoms with Gasteiger partial charge < -0.3 is 9.47 Å². The number of aromatic nitrogens is 5. The van der Waals surface area contributed by atoms with Crippen LogP contribution in [0, 0.1) is 0 Å². The molecule has 0 radical (unpaired) electrons. The van der Waals surface area contributed by atoms with Crippen molar-refractivity contribution in [2.75, 3.05) is 11.9 Å². The maximum Gasteiger partial charge on any atom is 0.134 e. The molecular formula is C22H26N6. The van der Waals surface area contributed by atoms with Crippen molar-refractivity contribution in [3.8, 4) is 11.1 Å². The Hall–Kier alpha value is -3.15. The van der Waals surface area contributed by atoms with Gasteiger partial charge in [0, 0.05) is 44.2 Å². The van der Waals surface area contributed by atoms with Crippen molar-refractivity contribution in [3.05, 3.63) is 54.7 Å². The number of hydrogen-bond acceptors (Lipinski definition) is 4. The van der Waals surface area contributed by atoms with Gasteiger partial charge in [0.1, 0.15) is 11.3 Å². The first-order valence-corrected chi connectivity index (χ1v) is 9.77. The van der Waals surface area contributed by atoms with Gasteiger partial charge in [-0.25, -0.2) is 9.97 Å². The van der Waals surface area contributed by atoms with Crippen molar-refractivity contribution in [1.82, 2.24) is 24.3 Å². The summed E-state index contributed by atoms with van der Waals surface area (Å²) in [5.74, 6) is 0.911. The topological polar surface area (TPSA) is 51.8 Å². The highest BCUT2D eigenvalue weighted by Gasteiger charge is 2.13. The lowest BCUT2D eigenvalue weighted by atomic mass is 10.0. The van der Waals surface area contributed by atoms with E-state index in [1.54, 1.807) is 0 Å². The van der Waals surface area contributed by atoms with E-state index >= 15 is 0 Å². The molecule has 4 rings (SSSR count). The Morgan fingerprint density at radius 3 is 2.68 bits per heavy atom. The van der Waals surface area contributed by atoms with Gasteiger partial charge in [0.2, 0.25) is 0 Å². The fraction of sp³-hybridized carbons (Fsp3) is 0.318. The van der Waals surface area contributed by atoms with Crippen molar-refractivity contribution in [1.29, 1.82) is 0 Å². The van der Waals surface area contributed by atoms with Crippen LogP contribution < -0.4 is 4.90 Å². The number of rotatable bonds is 6. The average molecular weight is 374 g/mol. The first-order valence-electron chi connectivity index (χ1n) is 9.77. The zero-order valence-corrected chi connectivity index (χ0v) is 16.9. The van der Waals surface area contributed by atoms with Crippen LogP contribution in [0.5, 0.6) is 0 Å². The summed E-state index contributed by atoms with van der Waals surface area (Å²) in [4.78, 5) is 11.1. The van der Waals surface area contributed by atoms with Crippen LogP contribution in [0.1, 0.15) is 25.8 Å². The fourth-order valence-electron chi connectivity index (χ4n) is 3.57. The Kier molecular flexibility index (Phi) is 4.86. The number of imidazole rings is 1. The molecule has 28 heavy (non-hydrogen) atoms. The highest BCUT2D eigenvalue weighted by Crippen LogP contribution is 2.31. The third-order valence-corrected chi connectivity index (χ3v) is 5.18. The van der Waals surface area contributed by atoms with Crippen LogP contribution in [0.2, 0.25) is 0 Å². The molecule has 0 aliphatic carbocycles. The molecule has 0 saturated heterocycles. The van der Waals surface area contributed by atoms with Crippen molar-refractivity contribution in [2.24, 2.45) is 7.05 Å². The Morgan fingerprint density at radius 1 is 1.04 bits per heavy atom. The second kappa shape index (κ2) is 7.46. The van der Waals surface area contributed by atoms with E-state index in [0.717, 1.165) is 41.8 Å². The Bertz CT molecular complexity index is 1110. The molecule has 0 aliphatic rings. The third kappa shape index (κ3) is 3.26. The van der Waals surface area contributed by atoms with Crippen molar-refractivity contribution in [3.63, 3.8) is 0 Å². The molecule has 0 amide bonds. The van der Waals surface area contributed by atoms with E-state index in [1.807, 2.05) is 35.0 Å². The normalized spacial score (nSPS) is 11.3. The zero-order chi connectivity index (χ0) is 19.7. The largest absolute Gasteiger partial charge is 0.334 e. The number of fused-ring (bicyclic) bond motifs is 1. The zero-order valence-electron chi connectivity index (χ0n) is 16.9. The second-order valence-corrected chi connectivity index (χ2v) is 7.13.